The highest BCUT2D eigenvalue weighted by molar-refractivity contribution is 5.48. The van der Waals surface area contributed by atoms with Crippen molar-refractivity contribution in [3.8, 4) is 5.69 Å². The molecular formula is C21H25N5. The van der Waals surface area contributed by atoms with Crippen LogP contribution in [0.1, 0.15) is 44.0 Å². The Balaban J connectivity index is 1.79. The molecule has 5 heteroatoms. The van der Waals surface area contributed by atoms with E-state index >= 15 is 0 Å². The van der Waals surface area contributed by atoms with Crippen molar-refractivity contribution in [3.63, 3.8) is 0 Å². The van der Waals surface area contributed by atoms with E-state index in [1.165, 1.54) is 18.4 Å². The van der Waals surface area contributed by atoms with Gasteiger partial charge in [0.25, 0.3) is 0 Å². The fourth-order valence-electron chi connectivity index (χ4n) is 3.91. The van der Waals surface area contributed by atoms with E-state index in [0.29, 0.717) is 0 Å². The standard InChI is InChI=1S/C21H25N5/c1-16-12-14-21(15-13-16,22-18-9-4-3-5-10-18)20-23-24-25-26(20)19-11-7-6-8-17(19)2/h3-11,16,22H,12-15H2,1-2H3. The van der Waals surface area contributed by atoms with Crippen LogP contribution in [0.5, 0.6) is 0 Å². The summed E-state index contributed by atoms with van der Waals surface area (Å²) in [6, 6.07) is 18.6. The highest BCUT2D eigenvalue weighted by atomic mass is 15.6. The van der Waals surface area contributed by atoms with E-state index in [0.717, 1.165) is 36.0 Å². The van der Waals surface area contributed by atoms with Gasteiger partial charge in [0, 0.05) is 5.69 Å². The Morgan fingerprint density at radius 2 is 1.69 bits per heavy atom. The maximum atomic E-state index is 4.49. The van der Waals surface area contributed by atoms with E-state index in [4.69, 9.17) is 0 Å². The molecule has 0 spiro atoms. The molecule has 134 valence electrons. The average Bonchev–Trinajstić information content (AvgIpc) is 3.15. The van der Waals surface area contributed by atoms with Gasteiger partial charge in [-0.15, -0.1) is 5.10 Å². The predicted octanol–water partition coefficient (Wildman–Crippen LogP) is 4.49. The lowest BCUT2D eigenvalue weighted by atomic mass is 9.76. The fourth-order valence-corrected chi connectivity index (χ4v) is 3.91. The second kappa shape index (κ2) is 6.90. The van der Waals surface area contributed by atoms with Crippen LogP contribution in [0.4, 0.5) is 5.69 Å². The number of nitrogens with one attached hydrogen (secondary N) is 1. The fraction of sp³-hybridized carbons (Fsp3) is 0.381. The molecule has 0 bridgehead atoms. The first-order chi connectivity index (χ1) is 12.7. The molecule has 0 unspecified atom stereocenters. The van der Waals surface area contributed by atoms with E-state index < -0.39 is 0 Å². The molecule has 1 heterocycles. The number of tetrazole rings is 1. The summed E-state index contributed by atoms with van der Waals surface area (Å²) >= 11 is 0. The number of rotatable bonds is 4. The molecular weight excluding hydrogens is 322 g/mol. The molecule has 0 aliphatic heterocycles. The second-order valence-electron chi connectivity index (χ2n) is 7.46. The zero-order chi connectivity index (χ0) is 18.0. The molecule has 1 aliphatic carbocycles. The van der Waals surface area contributed by atoms with Crippen LogP contribution >= 0.6 is 0 Å². The minimum atomic E-state index is -0.250. The van der Waals surface area contributed by atoms with Crippen molar-refractivity contribution in [2.24, 2.45) is 5.92 Å². The number of aromatic nitrogens is 4. The quantitative estimate of drug-likeness (QED) is 0.755. The maximum Gasteiger partial charge on any atom is 0.181 e. The monoisotopic (exact) mass is 347 g/mol. The third-order valence-electron chi connectivity index (χ3n) is 5.53. The predicted molar refractivity (Wildman–Crippen MR) is 103 cm³/mol. The summed E-state index contributed by atoms with van der Waals surface area (Å²) < 4.78 is 1.92. The summed E-state index contributed by atoms with van der Waals surface area (Å²) in [4.78, 5) is 0. The zero-order valence-corrected chi connectivity index (χ0v) is 15.4. The first-order valence-corrected chi connectivity index (χ1v) is 9.36. The zero-order valence-electron chi connectivity index (χ0n) is 15.4. The number of benzene rings is 2. The number of hydrogen-bond acceptors (Lipinski definition) is 4. The van der Waals surface area contributed by atoms with Crippen LogP contribution < -0.4 is 5.32 Å². The molecule has 3 aromatic rings. The van der Waals surface area contributed by atoms with Gasteiger partial charge in [-0.1, -0.05) is 43.3 Å². The summed E-state index contributed by atoms with van der Waals surface area (Å²) in [5, 5.41) is 16.7. The Hall–Kier alpha value is -2.69. The smallest absolute Gasteiger partial charge is 0.181 e. The highest BCUT2D eigenvalue weighted by Crippen LogP contribution is 2.41. The minimum Gasteiger partial charge on any atom is -0.373 e. The van der Waals surface area contributed by atoms with E-state index in [9.17, 15) is 0 Å². The number of para-hydroxylation sites is 2. The van der Waals surface area contributed by atoms with Crippen molar-refractivity contribution in [2.45, 2.75) is 45.1 Å². The number of anilines is 1. The molecule has 1 aromatic heterocycles. The second-order valence-corrected chi connectivity index (χ2v) is 7.46. The lowest BCUT2D eigenvalue weighted by Gasteiger charge is -2.39. The molecule has 0 amide bonds. The van der Waals surface area contributed by atoms with Crippen LogP contribution in [-0.4, -0.2) is 20.2 Å². The first kappa shape index (κ1) is 16.8. The maximum absolute atomic E-state index is 4.49. The molecule has 1 saturated carbocycles. The van der Waals surface area contributed by atoms with Crippen LogP contribution in [0.15, 0.2) is 54.6 Å². The van der Waals surface area contributed by atoms with Gasteiger partial charge in [0.05, 0.1) is 11.2 Å². The van der Waals surface area contributed by atoms with Crippen LogP contribution in [0.3, 0.4) is 0 Å². The minimum absolute atomic E-state index is 0.250. The first-order valence-electron chi connectivity index (χ1n) is 9.36. The summed E-state index contributed by atoms with van der Waals surface area (Å²) in [7, 11) is 0. The summed E-state index contributed by atoms with van der Waals surface area (Å²) in [6.45, 7) is 4.43. The van der Waals surface area contributed by atoms with Gasteiger partial charge in [-0.3, -0.25) is 0 Å². The van der Waals surface area contributed by atoms with Crippen molar-refractivity contribution in [1.29, 1.82) is 0 Å². The van der Waals surface area contributed by atoms with Crippen molar-refractivity contribution in [1.82, 2.24) is 20.2 Å². The van der Waals surface area contributed by atoms with Gasteiger partial charge < -0.3 is 5.32 Å². The van der Waals surface area contributed by atoms with Gasteiger partial charge in [-0.2, -0.15) is 4.68 Å². The molecule has 5 nitrogen and oxygen atoms in total. The van der Waals surface area contributed by atoms with E-state index in [1.807, 2.05) is 22.9 Å². The molecule has 1 fully saturated rings. The Labute approximate surface area is 154 Å². The molecule has 26 heavy (non-hydrogen) atoms. The lowest BCUT2D eigenvalue weighted by Crippen LogP contribution is -2.41. The van der Waals surface area contributed by atoms with Crippen LogP contribution in [-0.2, 0) is 5.54 Å². The summed E-state index contributed by atoms with van der Waals surface area (Å²) in [6.07, 6.45) is 4.38. The van der Waals surface area contributed by atoms with Gasteiger partial charge in [-0.25, -0.2) is 0 Å². The van der Waals surface area contributed by atoms with Gasteiger partial charge in [-0.05, 0) is 72.7 Å². The molecule has 0 atom stereocenters. The van der Waals surface area contributed by atoms with Crippen molar-refractivity contribution in [3.05, 3.63) is 66.0 Å². The van der Waals surface area contributed by atoms with Crippen molar-refractivity contribution in [2.75, 3.05) is 5.32 Å². The molecule has 0 radical (unpaired) electrons. The number of aryl methyl sites for hydroxylation is 1. The number of nitrogens with zero attached hydrogens (tertiary/aromatic N) is 4. The van der Waals surface area contributed by atoms with E-state index in [-0.39, 0.29) is 5.54 Å². The van der Waals surface area contributed by atoms with E-state index in [2.05, 4.69) is 71.1 Å². The van der Waals surface area contributed by atoms with Crippen molar-refractivity contribution >= 4 is 5.69 Å². The van der Waals surface area contributed by atoms with Crippen LogP contribution in [0.25, 0.3) is 5.69 Å². The van der Waals surface area contributed by atoms with Crippen molar-refractivity contribution < 1.29 is 0 Å². The van der Waals surface area contributed by atoms with Gasteiger partial charge >= 0.3 is 0 Å². The summed E-state index contributed by atoms with van der Waals surface area (Å²) in [5.41, 5.74) is 3.07. The summed E-state index contributed by atoms with van der Waals surface area (Å²) in [5.74, 6) is 1.64. The van der Waals surface area contributed by atoms with Crippen LogP contribution in [0.2, 0.25) is 0 Å². The SMILES string of the molecule is Cc1ccccc1-n1nnnc1C1(Nc2ccccc2)CCC(C)CC1. The van der Waals surface area contributed by atoms with E-state index in [1.54, 1.807) is 0 Å². The molecule has 1 N–H and O–H groups in total. The Kier molecular flexibility index (Phi) is 4.45. The molecule has 2 aromatic carbocycles. The molecule has 1 aliphatic rings. The average molecular weight is 347 g/mol. The van der Waals surface area contributed by atoms with Crippen LogP contribution in [0, 0.1) is 12.8 Å². The third-order valence-corrected chi connectivity index (χ3v) is 5.53. The number of hydrogen-bond donors (Lipinski definition) is 1. The lowest BCUT2D eigenvalue weighted by molar-refractivity contribution is 0.255. The third kappa shape index (κ3) is 3.09. The topological polar surface area (TPSA) is 55.6 Å². The normalized spacial score (nSPS) is 22.9. The Bertz CT molecular complexity index is 863. The highest BCUT2D eigenvalue weighted by Gasteiger charge is 2.41. The molecule has 4 rings (SSSR count). The van der Waals surface area contributed by atoms with Gasteiger partial charge in [0.15, 0.2) is 5.82 Å². The van der Waals surface area contributed by atoms with Gasteiger partial charge in [0.1, 0.15) is 0 Å². The Morgan fingerprint density at radius 1 is 1.00 bits per heavy atom. The Morgan fingerprint density at radius 3 is 2.42 bits per heavy atom. The van der Waals surface area contributed by atoms with Gasteiger partial charge in [0.2, 0.25) is 0 Å². The largest absolute Gasteiger partial charge is 0.373 e. The molecule has 0 saturated heterocycles.